The summed E-state index contributed by atoms with van der Waals surface area (Å²) in [6.07, 6.45) is 5.98. The molecule has 1 aliphatic rings. The number of thiophene rings is 1. The molecule has 3 rings (SSSR count). The van der Waals surface area contributed by atoms with Crippen molar-refractivity contribution in [2.75, 3.05) is 0 Å². The van der Waals surface area contributed by atoms with E-state index in [-0.39, 0.29) is 0 Å². The molecule has 1 aliphatic carbocycles. The van der Waals surface area contributed by atoms with Gasteiger partial charge in [0.2, 0.25) is 0 Å². The molecule has 0 radical (unpaired) electrons. The van der Waals surface area contributed by atoms with Crippen molar-refractivity contribution in [3.63, 3.8) is 0 Å². The van der Waals surface area contributed by atoms with Crippen LogP contribution in [0.3, 0.4) is 0 Å². The van der Waals surface area contributed by atoms with Crippen LogP contribution in [0.1, 0.15) is 41.2 Å². The van der Waals surface area contributed by atoms with Crippen molar-refractivity contribution < 1.29 is 0 Å². The molecule has 2 unspecified atom stereocenters. The maximum Gasteiger partial charge on any atom is 0.0111 e. The smallest absolute Gasteiger partial charge is 0.0111 e. The third kappa shape index (κ3) is 2.90. The second-order valence-corrected chi connectivity index (χ2v) is 6.51. The van der Waals surface area contributed by atoms with Crippen molar-refractivity contribution >= 4 is 11.3 Å². The van der Waals surface area contributed by atoms with E-state index in [1.165, 1.54) is 35.3 Å². The zero-order valence-corrected chi connectivity index (χ0v) is 12.0. The fraction of sp³-hybridized carbons (Fsp3) is 0.412. The molecule has 19 heavy (non-hydrogen) atoms. The quantitative estimate of drug-likeness (QED) is 0.889. The van der Waals surface area contributed by atoms with Gasteiger partial charge < -0.3 is 5.73 Å². The van der Waals surface area contributed by atoms with Crippen molar-refractivity contribution in [1.82, 2.24) is 0 Å². The van der Waals surface area contributed by atoms with Gasteiger partial charge in [-0.05, 0) is 60.6 Å². The van der Waals surface area contributed by atoms with Gasteiger partial charge in [-0.2, -0.15) is 0 Å². The van der Waals surface area contributed by atoms with Gasteiger partial charge in [-0.15, -0.1) is 11.3 Å². The maximum atomic E-state index is 6.48. The first-order valence-corrected chi connectivity index (χ1v) is 8.08. The molecule has 0 saturated heterocycles. The highest BCUT2D eigenvalue weighted by Crippen LogP contribution is 2.34. The topological polar surface area (TPSA) is 26.0 Å². The van der Waals surface area contributed by atoms with Gasteiger partial charge in [0.1, 0.15) is 0 Å². The lowest BCUT2D eigenvalue weighted by Gasteiger charge is -2.30. The van der Waals surface area contributed by atoms with Crippen molar-refractivity contribution in [3.05, 3.63) is 57.8 Å². The van der Waals surface area contributed by atoms with Crippen molar-refractivity contribution in [2.45, 2.75) is 44.1 Å². The normalized spacial score (nSPS) is 19.9. The van der Waals surface area contributed by atoms with Gasteiger partial charge in [0.05, 0.1) is 0 Å². The average Bonchev–Trinajstić information content (AvgIpc) is 2.97. The first-order valence-electron chi connectivity index (χ1n) is 7.20. The Bertz CT molecular complexity index is 518. The Morgan fingerprint density at radius 3 is 2.95 bits per heavy atom. The Hall–Kier alpha value is -1.12. The molecule has 100 valence electrons. The van der Waals surface area contributed by atoms with E-state index in [0.717, 1.165) is 12.8 Å². The summed E-state index contributed by atoms with van der Waals surface area (Å²) >= 11 is 1.84. The molecule has 1 heterocycles. The Morgan fingerprint density at radius 2 is 2.11 bits per heavy atom. The summed E-state index contributed by atoms with van der Waals surface area (Å²) in [5, 5.41) is 2.15. The van der Waals surface area contributed by atoms with E-state index in [0.29, 0.717) is 12.0 Å². The van der Waals surface area contributed by atoms with Gasteiger partial charge in [0, 0.05) is 10.9 Å². The largest absolute Gasteiger partial charge is 0.327 e. The average molecular weight is 271 g/mol. The Labute approximate surface area is 119 Å². The van der Waals surface area contributed by atoms with Crippen LogP contribution in [0.5, 0.6) is 0 Å². The second-order valence-electron chi connectivity index (χ2n) is 5.48. The molecule has 0 fully saturated rings. The molecule has 2 atom stereocenters. The van der Waals surface area contributed by atoms with Crippen LogP contribution in [-0.2, 0) is 12.8 Å². The molecule has 0 amide bonds. The molecule has 0 spiro atoms. The van der Waals surface area contributed by atoms with Crippen LogP contribution in [0.25, 0.3) is 0 Å². The molecule has 2 N–H and O–H groups in total. The summed E-state index contributed by atoms with van der Waals surface area (Å²) in [6, 6.07) is 13.5. The number of nitrogens with two attached hydrogens (primary N) is 1. The third-order valence-electron chi connectivity index (χ3n) is 4.24. The Kier molecular flexibility index (Phi) is 4.00. The van der Waals surface area contributed by atoms with Crippen LogP contribution in [0, 0.1) is 0 Å². The summed E-state index contributed by atoms with van der Waals surface area (Å²) in [6.45, 7) is 0. The summed E-state index contributed by atoms with van der Waals surface area (Å²) in [7, 11) is 0. The standard InChI is InChI=1S/C17H21NS/c18-17(11-10-14-7-4-12-19-14)16-9-3-6-13-5-1-2-8-15(13)16/h1-2,4-5,7-8,12,16-17H,3,6,9-11,18H2. The minimum atomic E-state index is 0.295. The molecule has 2 aromatic rings. The molecule has 0 aliphatic heterocycles. The van der Waals surface area contributed by atoms with E-state index in [4.69, 9.17) is 5.73 Å². The van der Waals surface area contributed by atoms with Crippen LogP contribution in [0.15, 0.2) is 41.8 Å². The fourth-order valence-corrected chi connectivity index (χ4v) is 3.93. The molecule has 1 aromatic carbocycles. The fourth-order valence-electron chi connectivity index (χ4n) is 3.20. The van der Waals surface area contributed by atoms with Crippen molar-refractivity contribution in [1.29, 1.82) is 0 Å². The predicted molar refractivity (Wildman–Crippen MR) is 82.7 cm³/mol. The number of rotatable bonds is 4. The molecule has 1 aromatic heterocycles. The zero-order chi connectivity index (χ0) is 13.1. The number of hydrogen-bond acceptors (Lipinski definition) is 2. The van der Waals surface area contributed by atoms with E-state index in [2.05, 4.69) is 41.8 Å². The molecule has 1 nitrogen and oxygen atoms in total. The van der Waals surface area contributed by atoms with Gasteiger partial charge in [-0.25, -0.2) is 0 Å². The Morgan fingerprint density at radius 1 is 1.21 bits per heavy atom. The number of aryl methyl sites for hydroxylation is 2. The van der Waals surface area contributed by atoms with E-state index in [1.54, 1.807) is 0 Å². The lowest BCUT2D eigenvalue weighted by atomic mass is 9.78. The third-order valence-corrected chi connectivity index (χ3v) is 5.17. The van der Waals surface area contributed by atoms with E-state index >= 15 is 0 Å². The van der Waals surface area contributed by atoms with Gasteiger partial charge in [0.25, 0.3) is 0 Å². The summed E-state index contributed by atoms with van der Waals surface area (Å²) in [5.74, 6) is 0.560. The highest BCUT2D eigenvalue weighted by Gasteiger charge is 2.24. The molecular weight excluding hydrogens is 250 g/mol. The number of fused-ring (bicyclic) bond motifs is 1. The van der Waals surface area contributed by atoms with E-state index in [1.807, 2.05) is 11.3 Å². The summed E-state index contributed by atoms with van der Waals surface area (Å²) in [5.41, 5.74) is 9.51. The van der Waals surface area contributed by atoms with Gasteiger partial charge >= 0.3 is 0 Å². The molecule has 2 heteroatoms. The summed E-state index contributed by atoms with van der Waals surface area (Å²) in [4.78, 5) is 1.46. The van der Waals surface area contributed by atoms with Crippen molar-refractivity contribution in [2.24, 2.45) is 5.73 Å². The zero-order valence-electron chi connectivity index (χ0n) is 11.2. The number of benzene rings is 1. The van der Waals surface area contributed by atoms with Gasteiger partial charge in [-0.3, -0.25) is 0 Å². The van der Waals surface area contributed by atoms with Crippen LogP contribution < -0.4 is 5.73 Å². The minimum absolute atomic E-state index is 0.295. The van der Waals surface area contributed by atoms with Gasteiger partial charge in [0.15, 0.2) is 0 Å². The van der Waals surface area contributed by atoms with E-state index in [9.17, 15) is 0 Å². The Balaban J connectivity index is 1.69. The molecule has 0 saturated carbocycles. The molecular formula is C17H21NS. The first-order chi connectivity index (χ1) is 9.34. The lowest BCUT2D eigenvalue weighted by Crippen LogP contribution is -2.31. The molecule has 0 bridgehead atoms. The highest BCUT2D eigenvalue weighted by atomic mass is 32.1. The van der Waals surface area contributed by atoms with E-state index < -0.39 is 0 Å². The van der Waals surface area contributed by atoms with Crippen LogP contribution in [0.2, 0.25) is 0 Å². The monoisotopic (exact) mass is 271 g/mol. The van der Waals surface area contributed by atoms with Crippen LogP contribution in [0.4, 0.5) is 0 Å². The minimum Gasteiger partial charge on any atom is -0.327 e. The second kappa shape index (κ2) is 5.89. The lowest BCUT2D eigenvalue weighted by molar-refractivity contribution is 0.443. The number of hydrogen-bond donors (Lipinski definition) is 1. The van der Waals surface area contributed by atoms with Crippen molar-refractivity contribution in [3.8, 4) is 0 Å². The van der Waals surface area contributed by atoms with Gasteiger partial charge in [-0.1, -0.05) is 30.3 Å². The SMILES string of the molecule is NC(CCc1cccs1)C1CCCc2ccccc21. The van der Waals surface area contributed by atoms with Crippen LogP contribution in [-0.4, -0.2) is 6.04 Å². The maximum absolute atomic E-state index is 6.48. The van der Waals surface area contributed by atoms with Crippen LogP contribution >= 0.6 is 11.3 Å². The highest BCUT2D eigenvalue weighted by molar-refractivity contribution is 7.09. The summed E-state index contributed by atoms with van der Waals surface area (Å²) < 4.78 is 0. The first kappa shape index (κ1) is 12.9. The predicted octanol–water partition coefficient (Wildman–Crippen LogP) is 4.13.